The summed E-state index contributed by atoms with van der Waals surface area (Å²) in [5.74, 6) is -0.245. The van der Waals surface area contributed by atoms with Crippen molar-refractivity contribution < 1.29 is 18.0 Å². The molecule has 160 valence electrons. The molecule has 1 aromatic rings. The Balaban J connectivity index is 1.55. The SMILES string of the molecule is CCC(C)(C)S(=O)(=O)NC1CCC(C(=O)Nc2ccc3c(c2)CCNC3=O)CC1. The van der Waals surface area contributed by atoms with Gasteiger partial charge in [-0.1, -0.05) is 6.92 Å². The van der Waals surface area contributed by atoms with Gasteiger partial charge in [0.2, 0.25) is 15.9 Å². The zero-order chi connectivity index (χ0) is 21.2. The Kier molecular flexibility index (Phi) is 6.33. The molecule has 2 aliphatic rings. The van der Waals surface area contributed by atoms with Crippen molar-refractivity contribution in [3.8, 4) is 0 Å². The molecule has 1 saturated carbocycles. The van der Waals surface area contributed by atoms with E-state index in [1.54, 1.807) is 26.0 Å². The molecular formula is C21H31N3O4S. The zero-order valence-electron chi connectivity index (χ0n) is 17.4. The first kappa shape index (κ1) is 21.8. The van der Waals surface area contributed by atoms with Crippen LogP contribution in [0.4, 0.5) is 5.69 Å². The van der Waals surface area contributed by atoms with Crippen LogP contribution in [0.2, 0.25) is 0 Å². The van der Waals surface area contributed by atoms with Gasteiger partial charge >= 0.3 is 0 Å². The van der Waals surface area contributed by atoms with Gasteiger partial charge in [0, 0.05) is 29.8 Å². The van der Waals surface area contributed by atoms with Gasteiger partial charge in [-0.2, -0.15) is 0 Å². The van der Waals surface area contributed by atoms with Gasteiger partial charge in [-0.25, -0.2) is 13.1 Å². The maximum absolute atomic E-state index is 12.7. The fourth-order valence-electron chi connectivity index (χ4n) is 3.79. The van der Waals surface area contributed by atoms with E-state index in [0.29, 0.717) is 49.9 Å². The van der Waals surface area contributed by atoms with Gasteiger partial charge in [-0.3, -0.25) is 9.59 Å². The number of benzene rings is 1. The second-order valence-electron chi connectivity index (χ2n) is 8.65. The summed E-state index contributed by atoms with van der Waals surface area (Å²) in [7, 11) is -3.39. The molecule has 0 spiro atoms. The number of hydrogen-bond donors (Lipinski definition) is 3. The second-order valence-corrected chi connectivity index (χ2v) is 11.0. The highest BCUT2D eigenvalue weighted by molar-refractivity contribution is 7.90. The Bertz CT molecular complexity index is 887. The highest BCUT2D eigenvalue weighted by Crippen LogP contribution is 2.28. The molecule has 3 N–H and O–H groups in total. The Morgan fingerprint density at radius 3 is 2.55 bits per heavy atom. The fourth-order valence-corrected chi connectivity index (χ4v) is 5.17. The third kappa shape index (κ3) is 4.80. The van der Waals surface area contributed by atoms with Crippen molar-refractivity contribution in [1.29, 1.82) is 0 Å². The predicted octanol–water partition coefficient (Wildman–Crippen LogP) is 2.58. The zero-order valence-corrected chi connectivity index (χ0v) is 18.2. The van der Waals surface area contributed by atoms with Gasteiger partial charge in [0.05, 0.1) is 4.75 Å². The predicted molar refractivity (Wildman–Crippen MR) is 113 cm³/mol. The van der Waals surface area contributed by atoms with E-state index < -0.39 is 14.8 Å². The van der Waals surface area contributed by atoms with Gasteiger partial charge in [-0.05, 0) is 76.1 Å². The highest BCUT2D eigenvalue weighted by Gasteiger charge is 2.36. The number of fused-ring (bicyclic) bond motifs is 1. The van der Waals surface area contributed by atoms with Gasteiger partial charge in [0.1, 0.15) is 0 Å². The Morgan fingerprint density at radius 2 is 1.90 bits per heavy atom. The van der Waals surface area contributed by atoms with E-state index in [0.717, 1.165) is 12.0 Å². The number of rotatable bonds is 6. The first-order valence-electron chi connectivity index (χ1n) is 10.4. The van der Waals surface area contributed by atoms with Crippen LogP contribution in [0.5, 0.6) is 0 Å². The number of anilines is 1. The molecular weight excluding hydrogens is 390 g/mol. The molecule has 2 amide bonds. The average Bonchev–Trinajstić information content (AvgIpc) is 2.68. The number of hydrogen-bond acceptors (Lipinski definition) is 4. The maximum atomic E-state index is 12.7. The molecule has 0 radical (unpaired) electrons. The monoisotopic (exact) mass is 421 g/mol. The van der Waals surface area contributed by atoms with Crippen molar-refractivity contribution in [2.75, 3.05) is 11.9 Å². The van der Waals surface area contributed by atoms with Crippen LogP contribution in [0.1, 0.15) is 68.8 Å². The minimum atomic E-state index is -3.39. The lowest BCUT2D eigenvalue weighted by Crippen LogP contribution is -2.47. The van der Waals surface area contributed by atoms with E-state index >= 15 is 0 Å². The third-order valence-electron chi connectivity index (χ3n) is 6.30. The van der Waals surface area contributed by atoms with Crippen LogP contribution < -0.4 is 15.4 Å². The van der Waals surface area contributed by atoms with Crippen LogP contribution in [0.3, 0.4) is 0 Å². The van der Waals surface area contributed by atoms with Gasteiger partial charge in [0.15, 0.2) is 0 Å². The van der Waals surface area contributed by atoms with Crippen molar-refractivity contribution in [2.24, 2.45) is 5.92 Å². The summed E-state index contributed by atoms with van der Waals surface area (Å²) in [6.45, 7) is 5.94. The van der Waals surface area contributed by atoms with E-state index in [-0.39, 0.29) is 23.8 Å². The van der Waals surface area contributed by atoms with Crippen LogP contribution in [-0.4, -0.2) is 37.6 Å². The lowest BCUT2D eigenvalue weighted by molar-refractivity contribution is -0.120. The van der Waals surface area contributed by atoms with E-state index in [9.17, 15) is 18.0 Å². The maximum Gasteiger partial charge on any atom is 0.251 e. The molecule has 0 atom stereocenters. The van der Waals surface area contributed by atoms with Crippen molar-refractivity contribution in [3.05, 3.63) is 29.3 Å². The molecule has 0 bridgehead atoms. The van der Waals surface area contributed by atoms with E-state index in [4.69, 9.17) is 0 Å². The third-order valence-corrected chi connectivity index (χ3v) is 8.68. The quantitative estimate of drug-likeness (QED) is 0.657. The standard InChI is InChI=1S/C21H31N3O4S/c1-4-21(2,3)29(27,28)24-16-7-5-14(6-8-16)19(25)23-17-9-10-18-15(13-17)11-12-22-20(18)26/h9-10,13-14,16,24H,4-8,11-12H2,1-3H3,(H,22,26)(H,23,25). The molecule has 8 heteroatoms. The van der Waals surface area contributed by atoms with Crippen LogP contribution in [0, 0.1) is 5.92 Å². The lowest BCUT2D eigenvalue weighted by Gasteiger charge is -2.31. The van der Waals surface area contributed by atoms with Crippen LogP contribution in [0.15, 0.2) is 18.2 Å². The minimum Gasteiger partial charge on any atom is -0.352 e. The summed E-state index contributed by atoms with van der Waals surface area (Å²) in [4.78, 5) is 24.5. The topological polar surface area (TPSA) is 104 Å². The largest absolute Gasteiger partial charge is 0.352 e. The van der Waals surface area contributed by atoms with Crippen LogP contribution >= 0.6 is 0 Å². The smallest absolute Gasteiger partial charge is 0.251 e. The molecule has 3 rings (SSSR count). The molecule has 1 heterocycles. The summed E-state index contributed by atoms with van der Waals surface area (Å²) in [5.41, 5.74) is 2.32. The number of nitrogens with one attached hydrogen (secondary N) is 3. The molecule has 0 saturated heterocycles. The molecule has 1 aliphatic heterocycles. The summed E-state index contributed by atoms with van der Waals surface area (Å²) in [6.07, 6.45) is 3.91. The summed E-state index contributed by atoms with van der Waals surface area (Å²) in [5, 5.41) is 5.77. The van der Waals surface area contributed by atoms with Crippen molar-refractivity contribution >= 4 is 27.5 Å². The highest BCUT2D eigenvalue weighted by atomic mass is 32.2. The van der Waals surface area contributed by atoms with Gasteiger partial charge in [-0.15, -0.1) is 0 Å². The van der Waals surface area contributed by atoms with Gasteiger partial charge in [0.25, 0.3) is 5.91 Å². The first-order valence-corrected chi connectivity index (χ1v) is 11.8. The molecule has 1 aromatic carbocycles. The Hall–Kier alpha value is -1.93. The lowest BCUT2D eigenvalue weighted by atomic mass is 9.86. The van der Waals surface area contributed by atoms with E-state index in [1.165, 1.54) is 0 Å². The van der Waals surface area contributed by atoms with E-state index in [1.807, 2.05) is 13.0 Å². The molecule has 0 unspecified atom stereocenters. The van der Waals surface area contributed by atoms with Crippen molar-refractivity contribution in [3.63, 3.8) is 0 Å². The Morgan fingerprint density at radius 1 is 1.21 bits per heavy atom. The molecule has 0 aromatic heterocycles. The summed E-state index contributed by atoms with van der Waals surface area (Å²) >= 11 is 0. The number of sulfonamides is 1. The number of carbonyl (C=O) groups excluding carboxylic acids is 2. The molecule has 29 heavy (non-hydrogen) atoms. The molecule has 1 aliphatic carbocycles. The van der Waals surface area contributed by atoms with Crippen molar-refractivity contribution in [2.45, 2.75) is 70.1 Å². The second kappa shape index (κ2) is 8.44. The minimum absolute atomic E-state index is 0.0413. The Labute approximate surface area is 173 Å². The summed E-state index contributed by atoms with van der Waals surface area (Å²) in [6, 6.07) is 5.27. The molecule has 7 nitrogen and oxygen atoms in total. The first-order chi connectivity index (χ1) is 13.6. The number of amides is 2. The average molecular weight is 422 g/mol. The van der Waals surface area contributed by atoms with E-state index in [2.05, 4.69) is 15.4 Å². The normalized spacial score (nSPS) is 22.5. The number of carbonyl (C=O) groups is 2. The summed E-state index contributed by atoms with van der Waals surface area (Å²) < 4.78 is 27.1. The van der Waals surface area contributed by atoms with Gasteiger partial charge < -0.3 is 10.6 Å². The van der Waals surface area contributed by atoms with Crippen LogP contribution in [0.25, 0.3) is 0 Å². The fraction of sp³-hybridized carbons (Fsp3) is 0.619. The van der Waals surface area contributed by atoms with Crippen molar-refractivity contribution in [1.82, 2.24) is 10.0 Å². The molecule has 1 fully saturated rings. The van der Waals surface area contributed by atoms with Crippen LogP contribution in [-0.2, 0) is 21.2 Å².